The first-order chi connectivity index (χ1) is 9.78. The monoisotopic (exact) mass is 271 g/mol. The third kappa shape index (κ3) is 1.96. The first-order valence-corrected chi connectivity index (χ1v) is 7.79. The molecule has 3 aliphatic heterocycles. The molecule has 3 heteroatoms. The molecule has 3 nitrogen and oxygen atoms in total. The summed E-state index contributed by atoms with van der Waals surface area (Å²) in [5.74, 6) is 1.00. The predicted molar refractivity (Wildman–Crippen MR) is 77.3 cm³/mol. The van der Waals surface area contributed by atoms with Gasteiger partial charge in [0.25, 0.3) is 0 Å². The molecule has 3 aliphatic rings. The van der Waals surface area contributed by atoms with Gasteiger partial charge in [0.2, 0.25) is 0 Å². The normalized spacial score (nSPS) is 32.5. The van der Waals surface area contributed by atoms with Gasteiger partial charge >= 0.3 is 0 Å². The summed E-state index contributed by atoms with van der Waals surface area (Å²) in [5.41, 5.74) is 1.98. The predicted octanol–water partition coefficient (Wildman–Crippen LogP) is 2.82. The zero-order valence-electron chi connectivity index (χ0n) is 11.8. The second-order valence-corrected chi connectivity index (χ2v) is 6.59. The number of rotatable bonds is 1. The lowest BCUT2D eigenvalue weighted by Crippen LogP contribution is -2.39. The van der Waals surface area contributed by atoms with Crippen molar-refractivity contribution in [2.24, 2.45) is 0 Å². The van der Waals surface area contributed by atoms with E-state index in [4.69, 9.17) is 4.74 Å². The lowest BCUT2D eigenvalue weighted by molar-refractivity contribution is 0.0649. The van der Waals surface area contributed by atoms with Crippen molar-refractivity contribution in [1.29, 1.82) is 0 Å². The minimum absolute atomic E-state index is 0.00635. The lowest BCUT2D eigenvalue weighted by atomic mass is 9.86. The molecule has 2 unspecified atom stereocenters. The molecule has 0 aromatic heterocycles. The first-order valence-electron chi connectivity index (χ1n) is 7.79. The minimum atomic E-state index is -0.00635. The smallest absolute Gasteiger partial charge is 0.150 e. The molecule has 0 amide bonds. The molecule has 20 heavy (non-hydrogen) atoms. The maximum absolute atomic E-state index is 10.9. The molecule has 0 aliphatic carbocycles. The van der Waals surface area contributed by atoms with Crippen molar-refractivity contribution >= 4 is 6.29 Å². The van der Waals surface area contributed by atoms with E-state index in [-0.39, 0.29) is 5.60 Å². The van der Waals surface area contributed by atoms with E-state index in [9.17, 15) is 4.79 Å². The van der Waals surface area contributed by atoms with Crippen molar-refractivity contribution in [3.05, 3.63) is 29.3 Å². The first kappa shape index (κ1) is 12.4. The molecule has 0 N–H and O–H groups in total. The van der Waals surface area contributed by atoms with Crippen LogP contribution in [0.2, 0.25) is 0 Å². The Hall–Kier alpha value is -1.35. The van der Waals surface area contributed by atoms with Gasteiger partial charge in [-0.1, -0.05) is 0 Å². The van der Waals surface area contributed by atoms with Crippen LogP contribution in [-0.2, 0) is 6.42 Å². The fraction of sp³-hybridized carbons (Fsp3) is 0.588. The fourth-order valence-corrected chi connectivity index (χ4v) is 4.34. The standard InChI is InChI=1S/C17H21NO2/c19-12-13-4-5-16-14(9-13)10-17(20-16)6-2-8-18-7-1-3-15(18)11-17/h4-5,9,12,15H,1-3,6-8,10-11H2. The third-order valence-electron chi connectivity index (χ3n) is 5.24. The van der Waals surface area contributed by atoms with Crippen molar-refractivity contribution < 1.29 is 9.53 Å². The molecule has 0 bridgehead atoms. The van der Waals surface area contributed by atoms with E-state index in [1.807, 2.05) is 18.2 Å². The van der Waals surface area contributed by atoms with Crippen molar-refractivity contribution in [3.63, 3.8) is 0 Å². The van der Waals surface area contributed by atoms with Gasteiger partial charge in [0.1, 0.15) is 17.6 Å². The van der Waals surface area contributed by atoms with Gasteiger partial charge < -0.3 is 9.64 Å². The van der Waals surface area contributed by atoms with E-state index >= 15 is 0 Å². The molecule has 106 valence electrons. The molecule has 1 aromatic rings. The Kier molecular flexibility index (Phi) is 2.84. The van der Waals surface area contributed by atoms with Crippen LogP contribution in [-0.4, -0.2) is 35.9 Å². The van der Waals surface area contributed by atoms with E-state index in [0.717, 1.165) is 36.9 Å². The number of carbonyl (C=O) groups is 1. The second kappa shape index (κ2) is 4.59. The van der Waals surface area contributed by atoms with E-state index < -0.39 is 0 Å². The Morgan fingerprint density at radius 1 is 1.30 bits per heavy atom. The summed E-state index contributed by atoms with van der Waals surface area (Å²) in [6, 6.07) is 6.56. The number of aldehydes is 1. The number of hydrogen-bond donors (Lipinski definition) is 0. The maximum Gasteiger partial charge on any atom is 0.150 e. The molecule has 3 heterocycles. The Labute approximate surface area is 119 Å². The van der Waals surface area contributed by atoms with Gasteiger partial charge in [0.05, 0.1) is 0 Å². The van der Waals surface area contributed by atoms with Gasteiger partial charge in [0, 0.05) is 24.4 Å². The van der Waals surface area contributed by atoms with E-state index in [1.54, 1.807) is 0 Å². The highest BCUT2D eigenvalue weighted by Gasteiger charge is 2.44. The van der Waals surface area contributed by atoms with Crippen molar-refractivity contribution in [2.75, 3.05) is 13.1 Å². The summed E-state index contributed by atoms with van der Waals surface area (Å²) in [6.45, 7) is 2.49. The van der Waals surface area contributed by atoms with Crippen molar-refractivity contribution in [1.82, 2.24) is 4.90 Å². The summed E-state index contributed by atoms with van der Waals surface area (Å²) in [4.78, 5) is 13.6. The van der Waals surface area contributed by atoms with Crippen molar-refractivity contribution in [2.45, 2.75) is 50.2 Å². The molecule has 0 saturated carbocycles. The quantitative estimate of drug-likeness (QED) is 0.736. The number of nitrogens with zero attached hydrogens (tertiary/aromatic N) is 1. The average Bonchev–Trinajstić information content (AvgIpc) is 2.98. The molecular formula is C17H21NO2. The Bertz CT molecular complexity index is 542. The van der Waals surface area contributed by atoms with Gasteiger partial charge in [-0.2, -0.15) is 0 Å². The summed E-state index contributed by atoms with van der Waals surface area (Å²) in [5, 5.41) is 0. The van der Waals surface area contributed by atoms with Crippen LogP contribution in [0.1, 0.15) is 48.0 Å². The second-order valence-electron chi connectivity index (χ2n) is 6.59. The summed E-state index contributed by atoms with van der Waals surface area (Å²) in [6.07, 6.45) is 8.09. The molecule has 2 saturated heterocycles. The molecule has 1 aromatic carbocycles. The molecular weight excluding hydrogens is 250 g/mol. The number of carbonyl (C=O) groups excluding carboxylic acids is 1. The highest BCUT2D eigenvalue weighted by molar-refractivity contribution is 5.75. The SMILES string of the molecule is O=Cc1ccc2c(c1)CC1(CCCN3CCCC3C1)O2. The summed E-state index contributed by atoms with van der Waals surface area (Å²) in [7, 11) is 0. The van der Waals surface area contributed by atoms with E-state index in [2.05, 4.69) is 4.90 Å². The number of benzene rings is 1. The zero-order valence-corrected chi connectivity index (χ0v) is 11.8. The van der Waals surface area contributed by atoms with Gasteiger partial charge in [-0.15, -0.1) is 0 Å². The topological polar surface area (TPSA) is 29.5 Å². The highest BCUT2D eigenvalue weighted by Crippen LogP contribution is 2.44. The fourth-order valence-electron chi connectivity index (χ4n) is 4.34. The van der Waals surface area contributed by atoms with Crippen LogP contribution in [0.4, 0.5) is 0 Å². The van der Waals surface area contributed by atoms with Gasteiger partial charge in [-0.25, -0.2) is 0 Å². The van der Waals surface area contributed by atoms with Crippen LogP contribution < -0.4 is 4.74 Å². The third-order valence-corrected chi connectivity index (χ3v) is 5.24. The Morgan fingerprint density at radius 3 is 3.10 bits per heavy atom. The largest absolute Gasteiger partial charge is 0.487 e. The van der Waals surface area contributed by atoms with Crippen LogP contribution in [0.15, 0.2) is 18.2 Å². The van der Waals surface area contributed by atoms with Gasteiger partial charge in [-0.05, 0) is 62.5 Å². The van der Waals surface area contributed by atoms with E-state index in [1.165, 1.54) is 37.9 Å². The van der Waals surface area contributed by atoms with Crippen LogP contribution in [0.25, 0.3) is 0 Å². The lowest BCUT2D eigenvalue weighted by Gasteiger charge is -2.30. The molecule has 0 radical (unpaired) electrons. The number of fused-ring (bicyclic) bond motifs is 2. The number of hydrogen-bond acceptors (Lipinski definition) is 3. The van der Waals surface area contributed by atoms with Crippen LogP contribution >= 0.6 is 0 Å². The molecule has 2 atom stereocenters. The molecule has 4 rings (SSSR count). The average molecular weight is 271 g/mol. The maximum atomic E-state index is 10.9. The van der Waals surface area contributed by atoms with Crippen LogP contribution in [0.5, 0.6) is 5.75 Å². The van der Waals surface area contributed by atoms with E-state index in [0.29, 0.717) is 6.04 Å². The van der Waals surface area contributed by atoms with Gasteiger partial charge in [0.15, 0.2) is 0 Å². The Balaban J connectivity index is 1.61. The molecule has 1 spiro atoms. The van der Waals surface area contributed by atoms with Crippen molar-refractivity contribution in [3.8, 4) is 5.75 Å². The Morgan fingerprint density at radius 2 is 2.20 bits per heavy atom. The van der Waals surface area contributed by atoms with Crippen LogP contribution in [0.3, 0.4) is 0 Å². The highest BCUT2D eigenvalue weighted by atomic mass is 16.5. The van der Waals surface area contributed by atoms with Gasteiger partial charge in [-0.3, -0.25) is 4.79 Å². The number of ether oxygens (including phenoxy) is 1. The molecule has 2 fully saturated rings. The summed E-state index contributed by atoms with van der Waals surface area (Å²) >= 11 is 0. The summed E-state index contributed by atoms with van der Waals surface area (Å²) < 4.78 is 6.38. The zero-order chi connectivity index (χ0) is 13.6. The minimum Gasteiger partial charge on any atom is -0.487 e. The van der Waals surface area contributed by atoms with Crippen LogP contribution in [0, 0.1) is 0 Å².